The lowest BCUT2D eigenvalue weighted by atomic mass is 10.2. The van der Waals surface area contributed by atoms with Crippen molar-refractivity contribution in [3.05, 3.63) is 23.8 Å². The molecular formula is C16H24N2O3. The minimum Gasteiger partial charge on any atom is -0.495 e. The molecule has 1 aliphatic carbocycles. The molecule has 2 rings (SSSR count). The van der Waals surface area contributed by atoms with Gasteiger partial charge in [-0.1, -0.05) is 12.1 Å². The van der Waals surface area contributed by atoms with Gasteiger partial charge in [-0.3, -0.25) is 0 Å². The lowest BCUT2D eigenvalue weighted by Crippen LogP contribution is -2.39. The zero-order valence-corrected chi connectivity index (χ0v) is 13.0. The van der Waals surface area contributed by atoms with Crippen LogP contribution >= 0.6 is 0 Å². The molecule has 0 aromatic heterocycles. The third-order valence-corrected chi connectivity index (χ3v) is 3.71. The number of carbonyl (C=O) groups excluding carboxylic acids is 1. The minimum absolute atomic E-state index is 0.0912. The fourth-order valence-electron chi connectivity index (χ4n) is 2.25. The van der Waals surface area contributed by atoms with E-state index in [0.29, 0.717) is 24.8 Å². The summed E-state index contributed by atoms with van der Waals surface area (Å²) < 4.78 is 10.4. The fourth-order valence-corrected chi connectivity index (χ4v) is 2.25. The average Bonchev–Trinajstić information content (AvgIpc) is 3.29. The van der Waals surface area contributed by atoms with Crippen molar-refractivity contribution in [1.82, 2.24) is 4.90 Å². The van der Waals surface area contributed by atoms with Crippen LogP contribution in [0.2, 0.25) is 0 Å². The predicted molar refractivity (Wildman–Crippen MR) is 82.9 cm³/mol. The van der Waals surface area contributed by atoms with Gasteiger partial charge in [-0.2, -0.15) is 0 Å². The number of methoxy groups -OCH3 is 2. The Balaban J connectivity index is 2.06. The van der Waals surface area contributed by atoms with E-state index in [-0.39, 0.29) is 6.03 Å². The molecule has 0 spiro atoms. The van der Waals surface area contributed by atoms with E-state index in [0.717, 1.165) is 17.8 Å². The first-order valence-electron chi connectivity index (χ1n) is 7.34. The van der Waals surface area contributed by atoms with Crippen LogP contribution < -0.4 is 10.1 Å². The second-order valence-electron chi connectivity index (χ2n) is 5.46. The van der Waals surface area contributed by atoms with Crippen molar-refractivity contribution in [1.29, 1.82) is 0 Å². The van der Waals surface area contributed by atoms with Crippen LogP contribution in [0.4, 0.5) is 10.5 Å². The molecule has 1 aliphatic rings. The molecule has 1 saturated carbocycles. The summed E-state index contributed by atoms with van der Waals surface area (Å²) in [5.41, 5.74) is 1.73. The molecule has 0 unspecified atom stereocenters. The van der Waals surface area contributed by atoms with Gasteiger partial charge in [0, 0.05) is 20.2 Å². The number of benzene rings is 1. The highest BCUT2D eigenvalue weighted by Crippen LogP contribution is 2.31. The number of aryl methyl sites for hydroxylation is 1. The van der Waals surface area contributed by atoms with Crippen molar-refractivity contribution in [2.45, 2.75) is 19.8 Å². The first kappa shape index (κ1) is 15.6. The molecule has 5 heteroatoms. The highest BCUT2D eigenvalue weighted by Gasteiger charge is 2.27. The summed E-state index contributed by atoms with van der Waals surface area (Å²) in [6.07, 6.45) is 2.43. The molecule has 0 aliphatic heterocycles. The van der Waals surface area contributed by atoms with Gasteiger partial charge in [-0.15, -0.1) is 0 Å². The largest absolute Gasteiger partial charge is 0.495 e. The van der Waals surface area contributed by atoms with Crippen LogP contribution in [0, 0.1) is 12.8 Å². The van der Waals surface area contributed by atoms with Gasteiger partial charge < -0.3 is 19.7 Å². The van der Waals surface area contributed by atoms with Gasteiger partial charge in [0.05, 0.1) is 19.4 Å². The highest BCUT2D eigenvalue weighted by atomic mass is 16.5. The summed E-state index contributed by atoms with van der Waals surface area (Å²) in [6.45, 7) is 3.90. The molecule has 0 saturated heterocycles. The Morgan fingerprint density at radius 2 is 2.14 bits per heavy atom. The molecule has 1 aromatic carbocycles. The van der Waals surface area contributed by atoms with Crippen LogP contribution in [0.25, 0.3) is 0 Å². The number of nitrogens with one attached hydrogen (secondary N) is 1. The first-order chi connectivity index (χ1) is 10.2. The molecule has 1 fully saturated rings. The monoisotopic (exact) mass is 292 g/mol. The topological polar surface area (TPSA) is 50.8 Å². The maximum Gasteiger partial charge on any atom is 0.322 e. The van der Waals surface area contributed by atoms with Gasteiger partial charge in [-0.25, -0.2) is 4.79 Å². The van der Waals surface area contributed by atoms with Crippen molar-refractivity contribution in [2.75, 3.05) is 39.2 Å². The van der Waals surface area contributed by atoms with Crippen LogP contribution in [0.3, 0.4) is 0 Å². The molecule has 0 heterocycles. The maximum atomic E-state index is 12.5. The molecule has 2 amide bonds. The van der Waals surface area contributed by atoms with E-state index in [4.69, 9.17) is 9.47 Å². The minimum atomic E-state index is -0.0912. The second-order valence-corrected chi connectivity index (χ2v) is 5.46. The van der Waals surface area contributed by atoms with Crippen molar-refractivity contribution < 1.29 is 14.3 Å². The van der Waals surface area contributed by atoms with E-state index in [1.54, 1.807) is 14.2 Å². The predicted octanol–water partition coefficient (Wildman–Crippen LogP) is 2.89. The number of hydrogen-bond acceptors (Lipinski definition) is 3. The zero-order valence-electron chi connectivity index (χ0n) is 13.0. The number of urea groups is 1. The van der Waals surface area contributed by atoms with Crippen LogP contribution in [0.1, 0.15) is 18.4 Å². The molecule has 0 radical (unpaired) electrons. The Morgan fingerprint density at radius 1 is 1.38 bits per heavy atom. The van der Waals surface area contributed by atoms with Gasteiger partial charge in [0.15, 0.2) is 0 Å². The van der Waals surface area contributed by atoms with Crippen LogP contribution in [-0.2, 0) is 4.74 Å². The molecule has 1 N–H and O–H groups in total. The van der Waals surface area contributed by atoms with Crippen LogP contribution in [-0.4, -0.2) is 44.8 Å². The smallest absolute Gasteiger partial charge is 0.322 e. The van der Waals surface area contributed by atoms with Gasteiger partial charge in [-0.05, 0) is 37.3 Å². The number of anilines is 1. The summed E-state index contributed by atoms with van der Waals surface area (Å²) >= 11 is 0. The quantitative estimate of drug-likeness (QED) is 0.840. The van der Waals surface area contributed by atoms with Gasteiger partial charge >= 0.3 is 6.03 Å². The second kappa shape index (κ2) is 7.31. The molecule has 5 nitrogen and oxygen atoms in total. The van der Waals surface area contributed by atoms with Gasteiger partial charge in [0.1, 0.15) is 5.75 Å². The number of hydrogen-bond donors (Lipinski definition) is 1. The Morgan fingerprint density at radius 3 is 2.76 bits per heavy atom. The number of carbonyl (C=O) groups is 1. The number of rotatable bonds is 7. The van der Waals surface area contributed by atoms with E-state index >= 15 is 0 Å². The normalized spacial score (nSPS) is 13.9. The SMILES string of the molecule is COCCN(CC1CC1)C(=O)Nc1c(C)cccc1OC. The molecule has 0 atom stereocenters. The zero-order chi connectivity index (χ0) is 15.2. The van der Waals surface area contributed by atoms with E-state index in [1.165, 1.54) is 12.8 Å². The number of ether oxygens (including phenoxy) is 2. The Bertz CT molecular complexity index is 486. The maximum absolute atomic E-state index is 12.5. The third kappa shape index (κ3) is 4.36. The first-order valence-corrected chi connectivity index (χ1v) is 7.34. The summed E-state index contributed by atoms with van der Waals surface area (Å²) in [4.78, 5) is 14.3. The molecule has 116 valence electrons. The van der Waals surface area contributed by atoms with E-state index in [2.05, 4.69) is 5.32 Å². The summed E-state index contributed by atoms with van der Waals surface area (Å²) in [5, 5.41) is 2.98. The average molecular weight is 292 g/mol. The van der Waals surface area contributed by atoms with E-state index in [9.17, 15) is 4.79 Å². The molecule has 21 heavy (non-hydrogen) atoms. The third-order valence-electron chi connectivity index (χ3n) is 3.71. The highest BCUT2D eigenvalue weighted by molar-refractivity contribution is 5.92. The van der Waals surface area contributed by atoms with Crippen molar-refractivity contribution >= 4 is 11.7 Å². The molecular weight excluding hydrogens is 268 g/mol. The van der Waals surface area contributed by atoms with Gasteiger partial charge in [0.2, 0.25) is 0 Å². The standard InChI is InChI=1S/C16H24N2O3/c1-12-5-4-6-14(21-3)15(12)17-16(19)18(9-10-20-2)11-13-7-8-13/h4-6,13H,7-11H2,1-3H3,(H,17,19). The Labute approximate surface area is 126 Å². The number of nitrogens with zero attached hydrogens (tertiary/aromatic N) is 1. The van der Waals surface area contributed by atoms with E-state index in [1.807, 2.05) is 30.0 Å². The number of amides is 2. The molecule has 1 aromatic rings. The Hall–Kier alpha value is -1.75. The molecule has 0 bridgehead atoms. The van der Waals surface area contributed by atoms with Crippen LogP contribution in [0.5, 0.6) is 5.75 Å². The fraction of sp³-hybridized carbons (Fsp3) is 0.562. The van der Waals surface area contributed by atoms with Crippen molar-refractivity contribution in [2.24, 2.45) is 5.92 Å². The van der Waals surface area contributed by atoms with E-state index < -0.39 is 0 Å². The summed E-state index contributed by atoms with van der Waals surface area (Å²) in [7, 11) is 3.26. The lowest BCUT2D eigenvalue weighted by molar-refractivity contribution is 0.153. The summed E-state index contributed by atoms with van der Waals surface area (Å²) in [5.74, 6) is 1.33. The number of para-hydroxylation sites is 1. The van der Waals surface area contributed by atoms with Gasteiger partial charge in [0.25, 0.3) is 0 Å². The van der Waals surface area contributed by atoms with Crippen LogP contribution in [0.15, 0.2) is 18.2 Å². The van der Waals surface area contributed by atoms with Crippen molar-refractivity contribution in [3.63, 3.8) is 0 Å². The summed E-state index contributed by atoms with van der Waals surface area (Å²) in [6, 6.07) is 5.63. The van der Waals surface area contributed by atoms with Crippen molar-refractivity contribution in [3.8, 4) is 5.75 Å². The lowest BCUT2D eigenvalue weighted by Gasteiger charge is -2.24. The Kier molecular flexibility index (Phi) is 5.44.